The van der Waals surface area contributed by atoms with Crippen molar-refractivity contribution >= 4 is 0 Å². The summed E-state index contributed by atoms with van der Waals surface area (Å²) >= 11 is 0. The fraction of sp³-hybridized carbons (Fsp3) is 1.00. The molecule has 0 aliphatic heterocycles. The van der Waals surface area contributed by atoms with Crippen LogP contribution in [-0.4, -0.2) is 13.1 Å². The van der Waals surface area contributed by atoms with Crippen LogP contribution in [0.25, 0.3) is 0 Å². The van der Waals surface area contributed by atoms with Crippen LogP contribution < -0.4 is 11.5 Å². The number of nitrogens with two attached hydrogens (primary N) is 2. The van der Waals surface area contributed by atoms with Crippen LogP contribution in [0.3, 0.4) is 0 Å². The molecular formula is C13H28N2. The van der Waals surface area contributed by atoms with Crippen LogP contribution in [0.5, 0.6) is 0 Å². The molecule has 4 N–H and O–H groups in total. The molecule has 2 nitrogen and oxygen atoms in total. The third-order valence-electron chi connectivity index (χ3n) is 3.87. The van der Waals surface area contributed by atoms with E-state index in [1.807, 2.05) is 0 Å². The van der Waals surface area contributed by atoms with Crippen LogP contribution >= 0.6 is 0 Å². The van der Waals surface area contributed by atoms with E-state index in [1.54, 1.807) is 0 Å². The first-order chi connectivity index (χ1) is 7.38. The lowest BCUT2D eigenvalue weighted by molar-refractivity contribution is 0.326. The Morgan fingerprint density at radius 3 is 1.60 bits per heavy atom. The monoisotopic (exact) mass is 212 g/mol. The van der Waals surface area contributed by atoms with E-state index in [-0.39, 0.29) is 0 Å². The predicted octanol–water partition coefficient (Wildman–Crippen LogP) is 2.66. The second-order valence-electron chi connectivity index (χ2n) is 5.02. The molecule has 1 fully saturated rings. The van der Waals surface area contributed by atoms with E-state index in [1.165, 1.54) is 57.8 Å². The van der Waals surface area contributed by atoms with Crippen LogP contribution in [-0.2, 0) is 0 Å². The van der Waals surface area contributed by atoms with Gasteiger partial charge in [-0.3, -0.25) is 0 Å². The number of rotatable bonds is 8. The predicted molar refractivity (Wildman–Crippen MR) is 66.6 cm³/mol. The highest BCUT2D eigenvalue weighted by Gasteiger charge is 2.25. The Balaban J connectivity index is 2.11. The van der Waals surface area contributed by atoms with Gasteiger partial charge >= 0.3 is 0 Å². The molecule has 0 aromatic rings. The second-order valence-corrected chi connectivity index (χ2v) is 5.02. The van der Waals surface area contributed by atoms with Gasteiger partial charge in [-0.05, 0) is 37.8 Å². The van der Waals surface area contributed by atoms with Gasteiger partial charge < -0.3 is 11.5 Å². The molecule has 90 valence electrons. The molecule has 0 aromatic carbocycles. The molecule has 0 bridgehead atoms. The highest BCUT2D eigenvalue weighted by atomic mass is 14.5. The molecule has 2 heteroatoms. The van der Waals surface area contributed by atoms with Crippen LogP contribution in [0.15, 0.2) is 0 Å². The van der Waals surface area contributed by atoms with Crippen molar-refractivity contribution in [3.63, 3.8) is 0 Å². The summed E-state index contributed by atoms with van der Waals surface area (Å²) in [5, 5.41) is 0. The first-order valence-corrected chi connectivity index (χ1v) is 6.78. The Bertz CT molecular complexity index is 131. The lowest BCUT2D eigenvalue weighted by Crippen LogP contribution is -2.10. The fourth-order valence-electron chi connectivity index (χ4n) is 2.98. The van der Waals surface area contributed by atoms with E-state index in [0.717, 1.165) is 24.9 Å². The Kier molecular flexibility index (Phi) is 7.03. The molecule has 0 amide bonds. The Labute approximate surface area is 94.8 Å². The van der Waals surface area contributed by atoms with Gasteiger partial charge in [0.2, 0.25) is 0 Å². The Morgan fingerprint density at radius 2 is 1.20 bits per heavy atom. The molecule has 0 saturated heterocycles. The SMILES string of the molecule is NCCCCC1CCCC1CCCCN. The molecule has 2 unspecified atom stereocenters. The van der Waals surface area contributed by atoms with E-state index >= 15 is 0 Å². The fourth-order valence-corrected chi connectivity index (χ4v) is 2.98. The summed E-state index contributed by atoms with van der Waals surface area (Å²) in [5.41, 5.74) is 11.1. The van der Waals surface area contributed by atoms with Crippen molar-refractivity contribution < 1.29 is 0 Å². The van der Waals surface area contributed by atoms with Crippen molar-refractivity contribution in [3.05, 3.63) is 0 Å². The zero-order valence-corrected chi connectivity index (χ0v) is 10.1. The average molecular weight is 212 g/mol. The summed E-state index contributed by atoms with van der Waals surface area (Å²) < 4.78 is 0. The topological polar surface area (TPSA) is 52.0 Å². The van der Waals surface area contributed by atoms with Crippen LogP contribution in [0.1, 0.15) is 57.8 Å². The lowest BCUT2D eigenvalue weighted by Gasteiger charge is -2.19. The molecule has 1 saturated carbocycles. The summed E-state index contributed by atoms with van der Waals surface area (Å²) in [5.74, 6) is 2.02. The van der Waals surface area contributed by atoms with Gasteiger partial charge in [0.25, 0.3) is 0 Å². The van der Waals surface area contributed by atoms with E-state index < -0.39 is 0 Å². The molecule has 1 aliphatic carbocycles. The van der Waals surface area contributed by atoms with E-state index in [0.29, 0.717) is 0 Å². The van der Waals surface area contributed by atoms with Crippen LogP contribution in [0, 0.1) is 11.8 Å². The van der Waals surface area contributed by atoms with Gasteiger partial charge in [0.15, 0.2) is 0 Å². The lowest BCUT2D eigenvalue weighted by atomic mass is 9.87. The highest BCUT2D eigenvalue weighted by molar-refractivity contribution is 4.77. The van der Waals surface area contributed by atoms with Crippen molar-refractivity contribution in [2.24, 2.45) is 23.3 Å². The summed E-state index contributed by atoms with van der Waals surface area (Å²) in [6, 6.07) is 0. The average Bonchev–Trinajstić information content (AvgIpc) is 2.67. The third kappa shape index (κ3) is 4.98. The van der Waals surface area contributed by atoms with Gasteiger partial charge in [0.05, 0.1) is 0 Å². The van der Waals surface area contributed by atoms with Crippen molar-refractivity contribution in [1.29, 1.82) is 0 Å². The second kappa shape index (κ2) is 8.12. The zero-order chi connectivity index (χ0) is 10.9. The molecule has 1 aliphatic rings. The number of hydrogen-bond acceptors (Lipinski definition) is 2. The maximum Gasteiger partial charge on any atom is -0.00773 e. The molecule has 0 spiro atoms. The minimum atomic E-state index is 0.866. The summed E-state index contributed by atoms with van der Waals surface area (Å²) in [7, 11) is 0. The van der Waals surface area contributed by atoms with Crippen molar-refractivity contribution in [3.8, 4) is 0 Å². The highest BCUT2D eigenvalue weighted by Crippen LogP contribution is 2.38. The number of unbranched alkanes of at least 4 members (excludes halogenated alkanes) is 2. The molecule has 0 heterocycles. The summed E-state index contributed by atoms with van der Waals surface area (Å²) in [6.45, 7) is 1.73. The maximum atomic E-state index is 5.53. The van der Waals surface area contributed by atoms with Crippen LogP contribution in [0.4, 0.5) is 0 Å². The van der Waals surface area contributed by atoms with Crippen molar-refractivity contribution in [2.45, 2.75) is 57.8 Å². The quantitative estimate of drug-likeness (QED) is 0.608. The first-order valence-electron chi connectivity index (χ1n) is 6.78. The molecule has 15 heavy (non-hydrogen) atoms. The molecular weight excluding hydrogens is 184 g/mol. The van der Waals surface area contributed by atoms with Gasteiger partial charge in [-0.2, -0.15) is 0 Å². The van der Waals surface area contributed by atoms with Gasteiger partial charge in [-0.1, -0.05) is 44.9 Å². The molecule has 0 aromatic heterocycles. The number of hydrogen-bond donors (Lipinski definition) is 2. The van der Waals surface area contributed by atoms with Crippen molar-refractivity contribution in [2.75, 3.05) is 13.1 Å². The first kappa shape index (κ1) is 13.0. The van der Waals surface area contributed by atoms with Gasteiger partial charge in [0.1, 0.15) is 0 Å². The van der Waals surface area contributed by atoms with Crippen LogP contribution in [0.2, 0.25) is 0 Å². The molecule has 1 rings (SSSR count). The zero-order valence-electron chi connectivity index (χ0n) is 10.1. The smallest absolute Gasteiger partial charge is 0.00773 e. The third-order valence-corrected chi connectivity index (χ3v) is 3.87. The van der Waals surface area contributed by atoms with E-state index in [9.17, 15) is 0 Å². The van der Waals surface area contributed by atoms with Gasteiger partial charge in [0, 0.05) is 0 Å². The Morgan fingerprint density at radius 1 is 0.733 bits per heavy atom. The van der Waals surface area contributed by atoms with Crippen molar-refractivity contribution in [1.82, 2.24) is 0 Å². The summed E-state index contributed by atoms with van der Waals surface area (Å²) in [6.07, 6.45) is 12.4. The van der Waals surface area contributed by atoms with E-state index in [4.69, 9.17) is 11.5 Å². The summed E-state index contributed by atoms with van der Waals surface area (Å²) in [4.78, 5) is 0. The molecule has 2 atom stereocenters. The minimum absolute atomic E-state index is 0.866. The Hall–Kier alpha value is -0.0800. The van der Waals surface area contributed by atoms with Gasteiger partial charge in [-0.15, -0.1) is 0 Å². The normalized spacial score (nSPS) is 26.0. The van der Waals surface area contributed by atoms with Gasteiger partial charge in [-0.25, -0.2) is 0 Å². The standard InChI is InChI=1S/C13H28N2/c14-10-3-1-6-12-8-5-9-13(12)7-2-4-11-15/h12-13H,1-11,14-15H2. The molecule has 0 radical (unpaired) electrons. The van der Waals surface area contributed by atoms with E-state index in [2.05, 4.69) is 0 Å². The largest absolute Gasteiger partial charge is 0.330 e. The minimum Gasteiger partial charge on any atom is -0.330 e. The maximum absolute atomic E-state index is 5.53.